The summed E-state index contributed by atoms with van der Waals surface area (Å²) < 4.78 is 44.7. The predicted octanol–water partition coefficient (Wildman–Crippen LogP) is 6.84. The molecule has 2 unspecified atom stereocenters. The molecule has 1 N–H and O–H groups in total. The molecule has 12 heteroatoms. The van der Waals surface area contributed by atoms with Gasteiger partial charge in [0.2, 0.25) is 0 Å². The molecule has 5 aliphatic heterocycles. The Hall–Kier alpha value is -3.15. The number of pyridine rings is 1. The minimum atomic E-state index is -0.869. The average molecular weight is 676 g/mol. The number of nitrogens with one attached hydrogen (secondary N) is 1. The number of nitrogens with zero attached hydrogens (tertiary/aromatic N) is 6. The average Bonchev–Trinajstić information content (AvgIpc) is 3.39. The minimum absolute atomic E-state index is 0.134. The van der Waals surface area contributed by atoms with Gasteiger partial charge in [-0.2, -0.15) is 15.1 Å². The van der Waals surface area contributed by atoms with Crippen LogP contribution >= 0.6 is 11.6 Å². The van der Waals surface area contributed by atoms with Crippen molar-refractivity contribution in [2.75, 3.05) is 50.9 Å². The fraction of sp³-hybridized carbons (Fsp3) is 0.611. The molecule has 1 spiro atoms. The quantitative estimate of drug-likeness (QED) is 0.253. The van der Waals surface area contributed by atoms with Crippen molar-refractivity contribution in [3.05, 3.63) is 34.9 Å². The molecule has 7 aliphatic rings. The van der Waals surface area contributed by atoms with Crippen LogP contribution in [-0.2, 0) is 4.74 Å². The molecule has 2 saturated carbocycles. The number of alkyl halides is 1. The Kier molecular flexibility index (Phi) is 6.77. The number of ether oxygens (including phenoxy) is 2. The van der Waals surface area contributed by atoms with Crippen LogP contribution in [0.25, 0.3) is 33.1 Å². The molecule has 3 aromatic heterocycles. The Labute approximate surface area is 282 Å². The zero-order chi connectivity index (χ0) is 32.2. The van der Waals surface area contributed by atoms with Gasteiger partial charge in [-0.3, -0.25) is 15.0 Å². The van der Waals surface area contributed by atoms with E-state index in [1.807, 2.05) is 6.07 Å². The number of aromatic nitrogens is 5. The van der Waals surface area contributed by atoms with Crippen molar-refractivity contribution in [1.82, 2.24) is 30.0 Å². The van der Waals surface area contributed by atoms with E-state index in [9.17, 15) is 4.39 Å². The first kappa shape index (κ1) is 29.7. The summed E-state index contributed by atoms with van der Waals surface area (Å²) in [5.74, 6) is 1.12. The molecule has 9 nitrogen and oxygen atoms in total. The second kappa shape index (κ2) is 10.9. The standard InChI is InChI=1S/C36H40ClF2N7O2/c37-26-10-27-24(14-41-44-27)29-28(26)23-9-21(23)17-47-16-20-3-6-35(11-20)4-1-7-45(18-35)33-25-13-40-32(29)30(39)31(25)42-34(43-33)48-19-36-5-2-8-46(36)15-22(38)12-36/h10,13-14,20-23H,1-9,11-12,15-19H2,(H,41,44)/t20?,21-,22-,23-,35?,36+/m1/s1. The first-order valence-corrected chi connectivity index (χ1v) is 18.1. The van der Waals surface area contributed by atoms with Crippen LogP contribution in [0.3, 0.4) is 0 Å². The van der Waals surface area contributed by atoms with Crippen LogP contribution in [-0.4, -0.2) is 87.8 Å². The number of rotatable bonds is 3. The third-order valence-electron chi connectivity index (χ3n) is 12.6. The SMILES string of the molecule is Fc1c2ncc3c(nc(OC[C@@]45CCCN4C[C@H](F)C5)nc13)N1CCCC3(CCC(COC[C@H]4C[C@H]4c4c(Cl)cc5[nH]ncc5c4-2)C3)C1. The molecule has 2 aliphatic carbocycles. The van der Waals surface area contributed by atoms with Crippen molar-refractivity contribution in [2.24, 2.45) is 17.3 Å². The summed E-state index contributed by atoms with van der Waals surface area (Å²) in [6, 6.07) is 2.02. The summed E-state index contributed by atoms with van der Waals surface area (Å²) in [5.41, 5.74) is 2.46. The molecule has 0 amide bonds. The van der Waals surface area contributed by atoms with Crippen LogP contribution in [0.15, 0.2) is 18.5 Å². The maximum atomic E-state index is 17.3. The van der Waals surface area contributed by atoms with E-state index < -0.39 is 12.0 Å². The first-order valence-electron chi connectivity index (χ1n) is 17.8. The van der Waals surface area contributed by atoms with E-state index in [1.165, 1.54) is 6.42 Å². The zero-order valence-electron chi connectivity index (χ0n) is 27.0. The van der Waals surface area contributed by atoms with Crippen molar-refractivity contribution in [3.8, 4) is 17.3 Å². The molecule has 6 atom stereocenters. The van der Waals surface area contributed by atoms with E-state index in [4.69, 9.17) is 36.0 Å². The normalized spacial score (nSPS) is 32.9. The zero-order valence-corrected chi connectivity index (χ0v) is 27.7. The Morgan fingerprint density at radius 1 is 1.08 bits per heavy atom. The first-order chi connectivity index (χ1) is 23.4. The fourth-order valence-electron chi connectivity index (χ4n) is 10.2. The largest absolute Gasteiger partial charge is 0.461 e. The summed E-state index contributed by atoms with van der Waals surface area (Å²) in [6.07, 6.45) is 11.5. The van der Waals surface area contributed by atoms with Gasteiger partial charge in [-0.25, -0.2) is 8.78 Å². The summed E-state index contributed by atoms with van der Waals surface area (Å²) in [4.78, 5) is 19.1. The molecule has 1 aromatic carbocycles. The topological polar surface area (TPSA) is 92.3 Å². The second-order valence-electron chi connectivity index (χ2n) is 15.6. The van der Waals surface area contributed by atoms with Crippen molar-refractivity contribution < 1.29 is 18.3 Å². The Morgan fingerprint density at radius 2 is 2.00 bits per heavy atom. The van der Waals surface area contributed by atoms with Gasteiger partial charge in [0.25, 0.3) is 0 Å². The number of anilines is 1. The number of piperidine rings is 1. The Balaban J connectivity index is 1.15. The van der Waals surface area contributed by atoms with Gasteiger partial charge in [0, 0.05) is 61.4 Å². The van der Waals surface area contributed by atoms with Crippen LogP contribution in [0.2, 0.25) is 5.02 Å². The molecule has 11 rings (SSSR count). The Bertz CT molecular complexity index is 1940. The van der Waals surface area contributed by atoms with Crippen LogP contribution in [0.4, 0.5) is 14.6 Å². The maximum Gasteiger partial charge on any atom is 0.319 e. The van der Waals surface area contributed by atoms with Gasteiger partial charge in [-0.15, -0.1) is 0 Å². The molecule has 0 radical (unpaired) electrons. The highest BCUT2D eigenvalue weighted by Crippen LogP contribution is 2.55. The van der Waals surface area contributed by atoms with Crippen LogP contribution in [0, 0.1) is 23.1 Å². The highest BCUT2D eigenvalue weighted by Gasteiger charge is 2.50. The third kappa shape index (κ3) is 4.66. The number of benzene rings is 1. The van der Waals surface area contributed by atoms with Gasteiger partial charge in [-0.1, -0.05) is 11.6 Å². The van der Waals surface area contributed by atoms with Crippen molar-refractivity contribution in [2.45, 2.75) is 75.4 Å². The molecule has 8 heterocycles. The van der Waals surface area contributed by atoms with Gasteiger partial charge in [-0.05, 0) is 92.7 Å². The van der Waals surface area contributed by atoms with E-state index in [2.05, 4.69) is 20.0 Å². The number of H-pyrrole nitrogens is 1. The number of aromatic amines is 1. The van der Waals surface area contributed by atoms with E-state index in [0.717, 1.165) is 87.7 Å². The van der Waals surface area contributed by atoms with Crippen molar-refractivity contribution >= 4 is 39.2 Å². The fourth-order valence-corrected chi connectivity index (χ4v) is 10.6. The Morgan fingerprint density at radius 3 is 2.94 bits per heavy atom. The molecule has 5 fully saturated rings. The highest BCUT2D eigenvalue weighted by atomic mass is 35.5. The number of fused-ring (bicyclic) bond motifs is 5. The maximum absolute atomic E-state index is 17.3. The van der Waals surface area contributed by atoms with E-state index >= 15 is 4.39 Å². The number of hydrogen-bond acceptors (Lipinski definition) is 8. The van der Waals surface area contributed by atoms with Crippen molar-refractivity contribution in [1.29, 1.82) is 0 Å². The minimum Gasteiger partial charge on any atom is -0.461 e. The van der Waals surface area contributed by atoms with Crippen LogP contribution in [0.5, 0.6) is 6.01 Å². The van der Waals surface area contributed by atoms with Crippen LogP contribution in [0.1, 0.15) is 69.3 Å². The van der Waals surface area contributed by atoms with Crippen LogP contribution < -0.4 is 9.64 Å². The summed E-state index contributed by atoms with van der Waals surface area (Å²) in [6.45, 7) is 4.68. The molecule has 3 saturated heterocycles. The van der Waals surface area contributed by atoms with E-state index in [1.54, 1.807) is 12.4 Å². The molecule has 7 bridgehead atoms. The second-order valence-corrected chi connectivity index (χ2v) is 16.0. The highest BCUT2D eigenvalue weighted by molar-refractivity contribution is 6.33. The molecular weight excluding hydrogens is 636 g/mol. The molecule has 4 aromatic rings. The van der Waals surface area contributed by atoms with E-state index in [0.29, 0.717) is 53.2 Å². The smallest absolute Gasteiger partial charge is 0.319 e. The number of halogens is 3. The van der Waals surface area contributed by atoms with E-state index in [-0.39, 0.29) is 40.7 Å². The lowest BCUT2D eigenvalue weighted by atomic mass is 9.77. The van der Waals surface area contributed by atoms with Gasteiger partial charge < -0.3 is 14.4 Å². The van der Waals surface area contributed by atoms with Gasteiger partial charge in [0.15, 0.2) is 5.82 Å². The lowest BCUT2D eigenvalue weighted by molar-refractivity contribution is 0.0858. The number of hydrogen-bond donors (Lipinski definition) is 1. The molecule has 252 valence electrons. The van der Waals surface area contributed by atoms with Crippen molar-refractivity contribution in [3.63, 3.8) is 0 Å². The lowest BCUT2D eigenvalue weighted by Gasteiger charge is -2.41. The summed E-state index contributed by atoms with van der Waals surface area (Å²) in [5, 5.41) is 9.22. The monoisotopic (exact) mass is 675 g/mol. The van der Waals surface area contributed by atoms with Gasteiger partial charge >= 0.3 is 6.01 Å². The van der Waals surface area contributed by atoms with Gasteiger partial charge in [0.1, 0.15) is 29.8 Å². The summed E-state index contributed by atoms with van der Waals surface area (Å²) in [7, 11) is 0. The van der Waals surface area contributed by atoms with Gasteiger partial charge in [0.05, 0.1) is 22.6 Å². The molecule has 48 heavy (non-hydrogen) atoms. The lowest BCUT2D eigenvalue weighted by Crippen LogP contribution is -2.44. The molecular formula is C36H40ClF2N7O2. The third-order valence-corrected chi connectivity index (χ3v) is 12.9. The summed E-state index contributed by atoms with van der Waals surface area (Å²) >= 11 is 7.00. The predicted molar refractivity (Wildman–Crippen MR) is 179 cm³/mol.